The van der Waals surface area contributed by atoms with E-state index in [9.17, 15) is 8.42 Å². The Morgan fingerprint density at radius 1 is 1.23 bits per heavy atom. The monoisotopic (exact) mass is 380 g/mol. The number of imidazole rings is 1. The van der Waals surface area contributed by atoms with E-state index in [1.54, 1.807) is 43.8 Å². The Morgan fingerprint density at radius 3 is 2.65 bits per heavy atom. The largest absolute Gasteiger partial charge is 0.491 e. The molecule has 0 spiro atoms. The van der Waals surface area contributed by atoms with Gasteiger partial charge in [-0.2, -0.15) is 4.31 Å². The summed E-state index contributed by atoms with van der Waals surface area (Å²) in [5.74, 6) is 1.39. The van der Waals surface area contributed by atoms with Gasteiger partial charge in [0.25, 0.3) is 0 Å². The van der Waals surface area contributed by atoms with Crippen LogP contribution in [0.5, 0.6) is 5.75 Å². The van der Waals surface area contributed by atoms with Crippen LogP contribution >= 0.6 is 0 Å². The molecule has 1 aliphatic rings. The first-order valence-corrected chi connectivity index (χ1v) is 9.88. The topological polar surface area (TPSA) is 87.8 Å². The van der Waals surface area contributed by atoms with Crippen molar-refractivity contribution in [2.45, 2.75) is 10.9 Å². The van der Waals surface area contributed by atoms with Gasteiger partial charge in [-0.1, -0.05) is 0 Å². The Morgan fingerprint density at radius 2 is 2.00 bits per heavy atom. The second-order valence-electron chi connectivity index (χ2n) is 6.15. The maximum absolute atomic E-state index is 13.0. The minimum absolute atomic E-state index is 0.0924. The second-order valence-corrected chi connectivity index (χ2v) is 8.08. The summed E-state index contributed by atoms with van der Waals surface area (Å²) in [6, 6.07) is 6.41. The fourth-order valence-corrected chi connectivity index (χ4v) is 4.36. The van der Waals surface area contributed by atoms with E-state index in [0.29, 0.717) is 38.6 Å². The molecule has 26 heavy (non-hydrogen) atoms. The zero-order chi connectivity index (χ0) is 18.6. The van der Waals surface area contributed by atoms with Gasteiger partial charge in [0.2, 0.25) is 10.0 Å². The minimum atomic E-state index is -3.57. The summed E-state index contributed by atoms with van der Waals surface area (Å²) in [6.45, 7) is 2.35. The van der Waals surface area contributed by atoms with Crippen LogP contribution in [0.3, 0.4) is 0 Å². The third-order valence-electron chi connectivity index (χ3n) is 4.46. The zero-order valence-electron chi connectivity index (χ0n) is 15.0. The third-order valence-corrected chi connectivity index (χ3v) is 6.34. The van der Waals surface area contributed by atoms with Gasteiger partial charge >= 0.3 is 0 Å². The number of hydrogen-bond donors (Lipinski definition) is 1. The number of aromatic amines is 1. The Hall–Kier alpha value is -1.94. The SMILES string of the molecule is COCCOc1ccc(S(=O)(=O)N2CCN(C)[C@@H](c3ncc[nH]3)C2)cc1. The number of aromatic nitrogens is 2. The van der Waals surface area contributed by atoms with Crippen molar-refractivity contribution in [2.24, 2.45) is 0 Å². The maximum Gasteiger partial charge on any atom is 0.243 e. The first kappa shape index (κ1) is 18.8. The number of hydrogen-bond acceptors (Lipinski definition) is 6. The Kier molecular flexibility index (Phi) is 5.92. The van der Waals surface area contributed by atoms with Crippen LogP contribution in [-0.4, -0.2) is 74.6 Å². The predicted octanol–water partition coefficient (Wildman–Crippen LogP) is 1.11. The number of methoxy groups -OCH3 is 1. The van der Waals surface area contributed by atoms with Crippen LogP contribution in [0, 0.1) is 0 Å². The van der Waals surface area contributed by atoms with E-state index in [-0.39, 0.29) is 10.9 Å². The lowest BCUT2D eigenvalue weighted by molar-refractivity contribution is 0.142. The molecule has 1 aliphatic heterocycles. The van der Waals surface area contributed by atoms with Gasteiger partial charge in [-0.25, -0.2) is 13.4 Å². The number of likely N-dealkylation sites (N-methyl/N-ethyl adjacent to an activating group) is 1. The first-order chi connectivity index (χ1) is 12.5. The lowest BCUT2D eigenvalue weighted by Gasteiger charge is -2.37. The van der Waals surface area contributed by atoms with Crippen LogP contribution in [0.1, 0.15) is 11.9 Å². The molecule has 1 saturated heterocycles. The van der Waals surface area contributed by atoms with Crippen LogP contribution in [-0.2, 0) is 14.8 Å². The lowest BCUT2D eigenvalue weighted by atomic mass is 10.2. The Bertz CT molecular complexity index is 793. The van der Waals surface area contributed by atoms with Crippen LogP contribution in [0.25, 0.3) is 0 Å². The molecule has 1 fully saturated rings. The molecule has 142 valence electrons. The van der Waals surface area contributed by atoms with Gasteiger partial charge in [0.15, 0.2) is 0 Å². The van der Waals surface area contributed by atoms with Crippen LogP contribution in [0.4, 0.5) is 0 Å². The van der Waals surface area contributed by atoms with Crippen LogP contribution < -0.4 is 4.74 Å². The molecular weight excluding hydrogens is 356 g/mol. The van der Waals surface area contributed by atoms with Crippen molar-refractivity contribution < 1.29 is 17.9 Å². The Balaban J connectivity index is 1.73. The van der Waals surface area contributed by atoms with Crippen molar-refractivity contribution >= 4 is 10.0 Å². The number of nitrogens with zero attached hydrogens (tertiary/aromatic N) is 3. The maximum atomic E-state index is 13.0. The van der Waals surface area contributed by atoms with Gasteiger partial charge in [0.05, 0.1) is 17.5 Å². The quantitative estimate of drug-likeness (QED) is 0.724. The van der Waals surface area contributed by atoms with Crippen molar-refractivity contribution in [3.63, 3.8) is 0 Å². The molecular formula is C17H24N4O4S. The van der Waals surface area contributed by atoms with Crippen LogP contribution in [0.2, 0.25) is 0 Å². The highest BCUT2D eigenvalue weighted by molar-refractivity contribution is 7.89. The fraction of sp³-hybridized carbons (Fsp3) is 0.471. The highest BCUT2D eigenvalue weighted by Gasteiger charge is 2.34. The molecule has 1 N–H and O–H groups in total. The van der Waals surface area contributed by atoms with Crippen molar-refractivity contribution in [1.29, 1.82) is 0 Å². The molecule has 9 heteroatoms. The molecule has 0 aliphatic carbocycles. The summed E-state index contributed by atoms with van der Waals surface area (Å²) < 4.78 is 37.9. The standard InChI is InChI=1S/C17H24N4O4S/c1-20-9-10-21(13-16(20)17-18-7-8-19-17)26(22,23)15-5-3-14(4-6-15)25-12-11-24-2/h3-8,16H,9-13H2,1-2H3,(H,18,19)/t16-/m1/s1. The molecule has 0 radical (unpaired) electrons. The van der Waals surface area contributed by atoms with E-state index in [2.05, 4.69) is 14.9 Å². The summed E-state index contributed by atoms with van der Waals surface area (Å²) in [7, 11) is 0.0111. The van der Waals surface area contributed by atoms with Gasteiger partial charge in [-0.05, 0) is 31.3 Å². The van der Waals surface area contributed by atoms with E-state index in [4.69, 9.17) is 9.47 Å². The second kappa shape index (κ2) is 8.17. The van der Waals surface area contributed by atoms with E-state index in [1.165, 1.54) is 4.31 Å². The molecule has 2 heterocycles. The molecule has 1 atom stereocenters. The summed E-state index contributed by atoms with van der Waals surface area (Å²) in [5.41, 5.74) is 0. The van der Waals surface area contributed by atoms with E-state index >= 15 is 0 Å². The van der Waals surface area contributed by atoms with E-state index in [0.717, 1.165) is 5.82 Å². The van der Waals surface area contributed by atoms with Gasteiger partial charge < -0.3 is 14.5 Å². The molecule has 2 aromatic rings. The number of nitrogens with one attached hydrogen (secondary N) is 1. The zero-order valence-corrected chi connectivity index (χ0v) is 15.8. The number of rotatable bonds is 7. The normalized spacial score (nSPS) is 19.5. The smallest absolute Gasteiger partial charge is 0.243 e. The summed E-state index contributed by atoms with van der Waals surface area (Å²) in [5, 5.41) is 0. The molecule has 1 aromatic carbocycles. The van der Waals surface area contributed by atoms with Crippen molar-refractivity contribution in [3.8, 4) is 5.75 Å². The Labute approximate surface area is 153 Å². The molecule has 0 unspecified atom stereocenters. The number of ether oxygens (including phenoxy) is 2. The lowest BCUT2D eigenvalue weighted by Crippen LogP contribution is -2.49. The number of H-pyrrole nitrogens is 1. The minimum Gasteiger partial charge on any atom is -0.491 e. The average molecular weight is 380 g/mol. The summed E-state index contributed by atoms with van der Waals surface area (Å²) in [6.07, 6.45) is 3.43. The van der Waals surface area contributed by atoms with Gasteiger partial charge in [-0.15, -0.1) is 0 Å². The fourth-order valence-electron chi connectivity index (χ4n) is 2.92. The highest BCUT2D eigenvalue weighted by atomic mass is 32.2. The predicted molar refractivity (Wildman–Crippen MR) is 96.5 cm³/mol. The van der Waals surface area contributed by atoms with E-state index < -0.39 is 10.0 Å². The number of benzene rings is 1. The van der Waals surface area contributed by atoms with Gasteiger partial charge in [-0.3, -0.25) is 4.90 Å². The van der Waals surface area contributed by atoms with Gasteiger partial charge in [0, 0.05) is 39.1 Å². The van der Waals surface area contributed by atoms with Crippen molar-refractivity contribution in [2.75, 3.05) is 47.0 Å². The van der Waals surface area contributed by atoms with Gasteiger partial charge in [0.1, 0.15) is 18.2 Å². The first-order valence-electron chi connectivity index (χ1n) is 8.44. The van der Waals surface area contributed by atoms with Crippen molar-refractivity contribution in [1.82, 2.24) is 19.2 Å². The molecule has 0 saturated carbocycles. The third kappa shape index (κ3) is 4.07. The average Bonchev–Trinajstić information content (AvgIpc) is 3.17. The highest BCUT2D eigenvalue weighted by Crippen LogP contribution is 2.26. The molecule has 3 rings (SSSR count). The van der Waals surface area contributed by atoms with Crippen LogP contribution in [0.15, 0.2) is 41.6 Å². The number of piperazine rings is 1. The molecule has 0 bridgehead atoms. The summed E-state index contributed by atoms with van der Waals surface area (Å²) >= 11 is 0. The summed E-state index contributed by atoms with van der Waals surface area (Å²) in [4.78, 5) is 9.73. The van der Waals surface area contributed by atoms with Crippen molar-refractivity contribution in [3.05, 3.63) is 42.5 Å². The van der Waals surface area contributed by atoms with E-state index in [1.807, 2.05) is 7.05 Å². The molecule has 0 amide bonds. The molecule has 1 aromatic heterocycles. The number of sulfonamides is 1. The molecule has 8 nitrogen and oxygen atoms in total.